The number of benzene rings is 1. The summed E-state index contributed by atoms with van der Waals surface area (Å²) in [4.78, 5) is 17.0. The van der Waals surface area contributed by atoms with Crippen LogP contribution in [0.15, 0.2) is 18.2 Å². The lowest BCUT2D eigenvalue weighted by Crippen LogP contribution is -2.63. The van der Waals surface area contributed by atoms with E-state index < -0.39 is 0 Å². The summed E-state index contributed by atoms with van der Waals surface area (Å²) in [6.07, 6.45) is 7.34. The first-order valence-electron chi connectivity index (χ1n) is 9.53. The minimum Gasteiger partial charge on any atom is -0.384 e. The summed E-state index contributed by atoms with van der Waals surface area (Å²) in [5, 5.41) is 3.57. The Morgan fingerprint density at radius 2 is 2.00 bits per heavy atom. The molecule has 4 rings (SSSR count). The summed E-state index contributed by atoms with van der Waals surface area (Å²) in [6, 6.07) is 6.71. The third-order valence-electron chi connectivity index (χ3n) is 6.22. The lowest BCUT2D eigenvalue weighted by atomic mass is 9.78. The van der Waals surface area contributed by atoms with E-state index in [9.17, 15) is 4.79 Å². The van der Waals surface area contributed by atoms with Crippen LogP contribution in [0.5, 0.6) is 0 Å². The molecule has 2 aliphatic heterocycles. The molecule has 2 heterocycles. The predicted molar refractivity (Wildman–Crippen MR) is 104 cm³/mol. The number of nitrogens with zero attached hydrogens (tertiary/aromatic N) is 2. The molecule has 4 nitrogen and oxygen atoms in total. The van der Waals surface area contributed by atoms with Gasteiger partial charge in [0.1, 0.15) is 0 Å². The van der Waals surface area contributed by atoms with E-state index in [-0.39, 0.29) is 23.9 Å². The van der Waals surface area contributed by atoms with Gasteiger partial charge in [-0.05, 0) is 30.4 Å². The maximum absolute atomic E-state index is 12.2. The standard InChI is InChI=1S/C20H29N3O.ClH/c1-16(24)23-13-12-22(15-20(23)9-3-2-4-10-20)14-18-7-5-6-17-8-11-21-19(17)18;/h5-7,21H,2-4,8-15H2,1H3;1H. The van der Waals surface area contributed by atoms with Crippen molar-refractivity contribution in [1.82, 2.24) is 9.80 Å². The molecule has 0 atom stereocenters. The first-order valence-corrected chi connectivity index (χ1v) is 9.53. The third kappa shape index (κ3) is 3.52. The number of piperazine rings is 1. The fourth-order valence-electron chi connectivity index (χ4n) is 5.11. The van der Waals surface area contributed by atoms with Crippen LogP contribution in [0.1, 0.15) is 50.2 Å². The number of carbonyl (C=O) groups excluding carboxylic acids is 1. The van der Waals surface area contributed by atoms with Gasteiger partial charge in [-0.1, -0.05) is 37.5 Å². The molecule has 1 aromatic carbocycles. The number of nitrogens with one attached hydrogen (secondary N) is 1. The zero-order valence-corrected chi connectivity index (χ0v) is 16.0. The first kappa shape index (κ1) is 18.5. The van der Waals surface area contributed by atoms with Gasteiger partial charge in [-0.2, -0.15) is 0 Å². The number of hydrogen-bond acceptors (Lipinski definition) is 3. The predicted octanol–water partition coefficient (Wildman–Crippen LogP) is 3.44. The van der Waals surface area contributed by atoms with Gasteiger partial charge in [0.2, 0.25) is 5.91 Å². The maximum Gasteiger partial charge on any atom is 0.219 e. The van der Waals surface area contributed by atoms with E-state index in [1.54, 1.807) is 6.92 Å². The number of carbonyl (C=O) groups is 1. The Hall–Kier alpha value is -1.26. The molecule has 1 aromatic rings. The summed E-state index contributed by atoms with van der Waals surface area (Å²) in [6.45, 7) is 6.73. The highest BCUT2D eigenvalue weighted by molar-refractivity contribution is 5.85. The molecular formula is C20H30ClN3O. The second kappa shape index (κ2) is 7.55. The highest BCUT2D eigenvalue weighted by Gasteiger charge is 2.43. The van der Waals surface area contributed by atoms with E-state index in [1.165, 1.54) is 48.9 Å². The van der Waals surface area contributed by atoms with Crippen LogP contribution in [0.25, 0.3) is 0 Å². The number of para-hydroxylation sites is 1. The lowest BCUT2D eigenvalue weighted by Gasteiger charge is -2.52. The quantitative estimate of drug-likeness (QED) is 0.874. The van der Waals surface area contributed by atoms with Crippen molar-refractivity contribution in [2.45, 2.75) is 57.5 Å². The summed E-state index contributed by atoms with van der Waals surface area (Å²) < 4.78 is 0. The molecule has 2 fully saturated rings. The van der Waals surface area contributed by atoms with Gasteiger partial charge in [0, 0.05) is 45.3 Å². The molecule has 3 aliphatic rings. The Labute approximate surface area is 157 Å². The highest BCUT2D eigenvalue weighted by Crippen LogP contribution is 2.37. The van der Waals surface area contributed by atoms with Crippen molar-refractivity contribution < 1.29 is 4.79 Å². The van der Waals surface area contributed by atoms with Crippen molar-refractivity contribution in [2.24, 2.45) is 0 Å². The van der Waals surface area contributed by atoms with Gasteiger partial charge in [0.15, 0.2) is 0 Å². The molecular weight excluding hydrogens is 334 g/mol. The molecule has 25 heavy (non-hydrogen) atoms. The number of anilines is 1. The summed E-state index contributed by atoms with van der Waals surface area (Å²) in [7, 11) is 0. The Bertz CT molecular complexity index is 627. The Morgan fingerprint density at radius 3 is 2.76 bits per heavy atom. The Balaban J connectivity index is 0.00000182. The van der Waals surface area contributed by atoms with Crippen molar-refractivity contribution in [3.8, 4) is 0 Å². The largest absolute Gasteiger partial charge is 0.384 e. The Kier molecular flexibility index (Phi) is 5.59. The lowest BCUT2D eigenvalue weighted by molar-refractivity contribution is -0.142. The normalized spacial score (nSPS) is 22.2. The van der Waals surface area contributed by atoms with Gasteiger partial charge < -0.3 is 10.2 Å². The number of fused-ring (bicyclic) bond motifs is 1. The molecule has 1 N–H and O–H groups in total. The van der Waals surface area contributed by atoms with E-state index >= 15 is 0 Å². The molecule has 1 amide bonds. The van der Waals surface area contributed by atoms with Crippen molar-refractivity contribution >= 4 is 24.0 Å². The zero-order valence-electron chi connectivity index (χ0n) is 15.2. The second-order valence-corrected chi connectivity index (χ2v) is 7.79. The maximum atomic E-state index is 12.2. The van der Waals surface area contributed by atoms with Gasteiger partial charge in [0.05, 0.1) is 5.54 Å². The Morgan fingerprint density at radius 1 is 1.20 bits per heavy atom. The average molecular weight is 364 g/mol. The monoisotopic (exact) mass is 363 g/mol. The highest BCUT2D eigenvalue weighted by atomic mass is 35.5. The van der Waals surface area contributed by atoms with E-state index in [2.05, 4.69) is 33.3 Å². The van der Waals surface area contributed by atoms with Gasteiger partial charge in [-0.15, -0.1) is 12.4 Å². The molecule has 0 radical (unpaired) electrons. The van der Waals surface area contributed by atoms with Gasteiger partial charge in [-0.3, -0.25) is 9.69 Å². The van der Waals surface area contributed by atoms with Gasteiger partial charge >= 0.3 is 0 Å². The van der Waals surface area contributed by atoms with Crippen LogP contribution in [0.4, 0.5) is 5.69 Å². The van der Waals surface area contributed by atoms with E-state index in [1.807, 2.05) is 0 Å². The fraction of sp³-hybridized carbons (Fsp3) is 0.650. The molecule has 0 aromatic heterocycles. The van der Waals surface area contributed by atoms with Crippen LogP contribution in [-0.2, 0) is 17.8 Å². The molecule has 1 aliphatic carbocycles. The smallest absolute Gasteiger partial charge is 0.219 e. The summed E-state index contributed by atoms with van der Waals surface area (Å²) >= 11 is 0. The van der Waals surface area contributed by atoms with Crippen LogP contribution in [-0.4, -0.2) is 47.4 Å². The molecule has 138 valence electrons. The number of rotatable bonds is 2. The minimum atomic E-state index is 0. The van der Waals surface area contributed by atoms with Crippen LogP contribution in [0.3, 0.4) is 0 Å². The van der Waals surface area contributed by atoms with Crippen LogP contribution < -0.4 is 5.32 Å². The molecule has 0 unspecified atom stereocenters. The van der Waals surface area contributed by atoms with Gasteiger partial charge in [0.25, 0.3) is 0 Å². The molecule has 5 heteroatoms. The van der Waals surface area contributed by atoms with E-state index in [0.717, 1.165) is 39.1 Å². The second-order valence-electron chi connectivity index (χ2n) is 7.79. The van der Waals surface area contributed by atoms with E-state index in [4.69, 9.17) is 0 Å². The summed E-state index contributed by atoms with van der Waals surface area (Å²) in [5.41, 5.74) is 4.34. The topological polar surface area (TPSA) is 35.6 Å². The van der Waals surface area contributed by atoms with Crippen LogP contribution in [0, 0.1) is 0 Å². The molecule has 0 bridgehead atoms. The zero-order chi connectivity index (χ0) is 16.6. The molecule has 1 saturated carbocycles. The number of halogens is 1. The summed E-state index contributed by atoms with van der Waals surface area (Å²) in [5.74, 6) is 0.263. The first-order chi connectivity index (χ1) is 11.7. The fourth-order valence-corrected chi connectivity index (χ4v) is 5.11. The molecule has 1 saturated heterocycles. The van der Waals surface area contributed by atoms with Crippen molar-refractivity contribution in [2.75, 3.05) is 31.5 Å². The number of amides is 1. The van der Waals surface area contributed by atoms with Crippen LogP contribution in [0.2, 0.25) is 0 Å². The SMILES string of the molecule is CC(=O)N1CCN(Cc2cccc3c2NCC3)CC12CCCCC2.Cl. The third-order valence-corrected chi connectivity index (χ3v) is 6.22. The van der Waals surface area contributed by atoms with Crippen molar-refractivity contribution in [1.29, 1.82) is 0 Å². The minimum absolute atomic E-state index is 0. The average Bonchev–Trinajstić information content (AvgIpc) is 3.05. The number of hydrogen-bond donors (Lipinski definition) is 1. The molecule has 1 spiro atoms. The van der Waals surface area contributed by atoms with E-state index in [0.29, 0.717) is 0 Å². The van der Waals surface area contributed by atoms with Gasteiger partial charge in [-0.25, -0.2) is 0 Å². The van der Waals surface area contributed by atoms with Crippen LogP contribution >= 0.6 is 12.4 Å². The van der Waals surface area contributed by atoms with Crippen molar-refractivity contribution in [3.05, 3.63) is 29.3 Å². The van der Waals surface area contributed by atoms with Crippen molar-refractivity contribution in [3.63, 3.8) is 0 Å².